The smallest absolute Gasteiger partial charge is 0.227 e. The summed E-state index contributed by atoms with van der Waals surface area (Å²) < 4.78 is 11.5. The van der Waals surface area contributed by atoms with Crippen LogP contribution in [0.4, 0.5) is 5.69 Å². The highest BCUT2D eigenvalue weighted by Gasteiger charge is 2.24. The van der Waals surface area contributed by atoms with Crippen LogP contribution in [0.2, 0.25) is 0 Å². The summed E-state index contributed by atoms with van der Waals surface area (Å²) in [6.07, 6.45) is 2.46. The van der Waals surface area contributed by atoms with Gasteiger partial charge in [0.25, 0.3) is 0 Å². The van der Waals surface area contributed by atoms with Crippen molar-refractivity contribution in [3.8, 4) is 5.75 Å². The standard InChI is InChI=1S/C32H39N3O3/c1-33(24-25-6-4-3-5-7-25)32(36)23-26-8-13-30-27(22-26)15-21-38-31(30)14-16-34-17-19-35(20-18-34)28-9-11-29(37-2)12-10-28/h3-13,22,31H,14-21,23-24H2,1-2H3. The van der Waals surface area contributed by atoms with E-state index in [0.29, 0.717) is 13.0 Å². The van der Waals surface area contributed by atoms with Crippen LogP contribution in [-0.4, -0.2) is 69.2 Å². The number of nitrogens with zero attached hydrogens (tertiary/aromatic N) is 3. The van der Waals surface area contributed by atoms with Crippen molar-refractivity contribution in [1.82, 2.24) is 9.80 Å². The maximum absolute atomic E-state index is 12.9. The minimum atomic E-state index is 0.129. The third kappa shape index (κ3) is 6.55. The number of likely N-dealkylation sites (N-methyl/N-ethyl adjacent to an activating group) is 1. The molecule has 0 spiro atoms. The van der Waals surface area contributed by atoms with Crippen LogP contribution >= 0.6 is 0 Å². The molecule has 0 N–H and O–H groups in total. The average Bonchev–Trinajstić information content (AvgIpc) is 2.96. The Labute approximate surface area is 226 Å². The third-order valence-corrected chi connectivity index (χ3v) is 7.81. The zero-order valence-electron chi connectivity index (χ0n) is 22.6. The topological polar surface area (TPSA) is 45.3 Å². The van der Waals surface area contributed by atoms with E-state index in [9.17, 15) is 4.79 Å². The lowest BCUT2D eigenvalue weighted by molar-refractivity contribution is -0.129. The number of piperazine rings is 1. The summed E-state index contributed by atoms with van der Waals surface area (Å²) in [4.78, 5) is 19.7. The summed E-state index contributed by atoms with van der Waals surface area (Å²) in [6, 6.07) is 25.0. The van der Waals surface area contributed by atoms with E-state index in [1.54, 1.807) is 7.11 Å². The van der Waals surface area contributed by atoms with E-state index in [1.807, 2.05) is 42.3 Å². The number of methoxy groups -OCH3 is 1. The van der Waals surface area contributed by atoms with Crippen LogP contribution in [0.1, 0.15) is 34.8 Å². The molecule has 1 amide bonds. The predicted molar refractivity (Wildman–Crippen MR) is 152 cm³/mol. The Morgan fingerprint density at radius 1 is 0.974 bits per heavy atom. The van der Waals surface area contributed by atoms with E-state index in [-0.39, 0.29) is 12.0 Å². The van der Waals surface area contributed by atoms with Gasteiger partial charge in [0.1, 0.15) is 5.75 Å². The van der Waals surface area contributed by atoms with E-state index >= 15 is 0 Å². The molecule has 2 heterocycles. The molecule has 1 atom stereocenters. The monoisotopic (exact) mass is 513 g/mol. The zero-order chi connectivity index (χ0) is 26.3. The van der Waals surface area contributed by atoms with Gasteiger partial charge in [-0.1, -0.05) is 48.5 Å². The second-order valence-corrected chi connectivity index (χ2v) is 10.4. The Kier molecular flexibility index (Phi) is 8.61. The molecule has 3 aromatic rings. The van der Waals surface area contributed by atoms with Crippen molar-refractivity contribution in [1.29, 1.82) is 0 Å². The number of hydrogen-bond donors (Lipinski definition) is 0. The van der Waals surface area contributed by atoms with Gasteiger partial charge in [0.15, 0.2) is 0 Å². The Balaban J connectivity index is 1.11. The van der Waals surface area contributed by atoms with Crippen molar-refractivity contribution >= 4 is 11.6 Å². The second-order valence-electron chi connectivity index (χ2n) is 10.4. The molecule has 1 saturated heterocycles. The van der Waals surface area contributed by atoms with Crippen LogP contribution in [0.15, 0.2) is 72.8 Å². The molecule has 5 rings (SSSR count). The minimum Gasteiger partial charge on any atom is -0.497 e. The fourth-order valence-electron chi connectivity index (χ4n) is 5.52. The van der Waals surface area contributed by atoms with E-state index in [0.717, 1.165) is 69.0 Å². The van der Waals surface area contributed by atoms with Gasteiger partial charge in [-0.2, -0.15) is 0 Å². The highest BCUT2D eigenvalue weighted by Crippen LogP contribution is 2.31. The Morgan fingerprint density at radius 3 is 2.47 bits per heavy atom. The van der Waals surface area contributed by atoms with Crippen LogP contribution in [0, 0.1) is 0 Å². The molecule has 6 nitrogen and oxygen atoms in total. The molecule has 0 bridgehead atoms. The summed E-state index contributed by atoms with van der Waals surface area (Å²) in [5.41, 5.74) is 6.12. The quantitative estimate of drug-likeness (QED) is 0.414. The molecule has 1 fully saturated rings. The molecule has 6 heteroatoms. The van der Waals surface area contributed by atoms with Crippen molar-refractivity contribution in [2.24, 2.45) is 0 Å². The van der Waals surface area contributed by atoms with Gasteiger partial charge in [0.2, 0.25) is 5.91 Å². The molecular formula is C32H39N3O3. The van der Waals surface area contributed by atoms with Gasteiger partial charge in [-0.05, 0) is 59.4 Å². The van der Waals surface area contributed by atoms with Gasteiger partial charge in [0.05, 0.1) is 26.2 Å². The number of carbonyl (C=O) groups is 1. The predicted octanol–water partition coefficient (Wildman–Crippen LogP) is 4.72. The number of amides is 1. The number of carbonyl (C=O) groups excluding carboxylic acids is 1. The first-order valence-corrected chi connectivity index (χ1v) is 13.7. The highest BCUT2D eigenvalue weighted by atomic mass is 16.5. The lowest BCUT2D eigenvalue weighted by atomic mass is 9.93. The lowest BCUT2D eigenvalue weighted by Gasteiger charge is -2.37. The van der Waals surface area contributed by atoms with Crippen LogP contribution in [0.25, 0.3) is 0 Å². The van der Waals surface area contributed by atoms with Gasteiger partial charge in [-0.3, -0.25) is 9.69 Å². The Morgan fingerprint density at radius 2 is 1.74 bits per heavy atom. The maximum atomic E-state index is 12.9. The van der Waals surface area contributed by atoms with Gasteiger partial charge >= 0.3 is 0 Å². The number of fused-ring (bicyclic) bond motifs is 1. The van der Waals surface area contributed by atoms with E-state index in [1.165, 1.54) is 16.8 Å². The van der Waals surface area contributed by atoms with Gasteiger partial charge in [0, 0.05) is 52.0 Å². The molecule has 200 valence electrons. The molecule has 0 aliphatic carbocycles. The molecular weight excluding hydrogens is 474 g/mol. The first-order valence-electron chi connectivity index (χ1n) is 13.7. The van der Waals surface area contributed by atoms with Crippen LogP contribution in [-0.2, 0) is 28.9 Å². The van der Waals surface area contributed by atoms with Gasteiger partial charge in [-0.25, -0.2) is 0 Å². The van der Waals surface area contributed by atoms with Crippen molar-refractivity contribution in [3.05, 3.63) is 95.1 Å². The van der Waals surface area contributed by atoms with Crippen molar-refractivity contribution < 1.29 is 14.3 Å². The molecule has 2 aliphatic rings. The second kappa shape index (κ2) is 12.5. The average molecular weight is 514 g/mol. The Hall–Kier alpha value is -3.35. The van der Waals surface area contributed by atoms with Crippen LogP contribution in [0.5, 0.6) is 5.75 Å². The number of ether oxygens (including phenoxy) is 2. The molecule has 0 saturated carbocycles. The minimum absolute atomic E-state index is 0.129. The van der Waals surface area contributed by atoms with Crippen LogP contribution < -0.4 is 9.64 Å². The summed E-state index contributed by atoms with van der Waals surface area (Å²) in [7, 11) is 3.59. The lowest BCUT2D eigenvalue weighted by Crippen LogP contribution is -2.46. The van der Waals surface area contributed by atoms with Crippen molar-refractivity contribution in [2.75, 3.05) is 58.4 Å². The number of benzene rings is 3. The van der Waals surface area contributed by atoms with E-state index < -0.39 is 0 Å². The van der Waals surface area contributed by atoms with E-state index in [4.69, 9.17) is 9.47 Å². The van der Waals surface area contributed by atoms with Crippen LogP contribution in [0.3, 0.4) is 0 Å². The number of rotatable bonds is 9. The number of anilines is 1. The Bertz CT molecular complexity index is 1190. The summed E-state index contributed by atoms with van der Waals surface area (Å²) >= 11 is 0. The van der Waals surface area contributed by atoms with Crippen molar-refractivity contribution in [2.45, 2.75) is 31.9 Å². The molecule has 0 aromatic heterocycles. The van der Waals surface area contributed by atoms with Gasteiger partial charge < -0.3 is 19.3 Å². The maximum Gasteiger partial charge on any atom is 0.227 e. The van der Waals surface area contributed by atoms with Gasteiger partial charge in [-0.15, -0.1) is 0 Å². The molecule has 1 unspecified atom stereocenters. The SMILES string of the molecule is COc1ccc(N2CCN(CCC3OCCc4cc(CC(=O)N(C)Cc5ccccc5)ccc43)CC2)cc1. The fourth-order valence-corrected chi connectivity index (χ4v) is 5.52. The molecule has 38 heavy (non-hydrogen) atoms. The zero-order valence-corrected chi connectivity index (χ0v) is 22.6. The van der Waals surface area contributed by atoms with E-state index in [2.05, 4.69) is 52.3 Å². The number of hydrogen-bond acceptors (Lipinski definition) is 5. The first-order chi connectivity index (χ1) is 18.6. The molecule has 2 aliphatic heterocycles. The summed E-state index contributed by atoms with van der Waals surface area (Å²) in [5, 5.41) is 0. The summed E-state index contributed by atoms with van der Waals surface area (Å²) in [5.74, 6) is 1.04. The third-order valence-electron chi connectivity index (χ3n) is 7.81. The fraction of sp³-hybridized carbons (Fsp3) is 0.406. The normalized spacial score (nSPS) is 17.6. The van der Waals surface area contributed by atoms with Crippen molar-refractivity contribution in [3.63, 3.8) is 0 Å². The summed E-state index contributed by atoms with van der Waals surface area (Å²) in [6.45, 7) is 6.59. The molecule has 0 radical (unpaired) electrons. The highest BCUT2D eigenvalue weighted by molar-refractivity contribution is 5.78. The molecule has 3 aromatic carbocycles. The largest absolute Gasteiger partial charge is 0.497 e. The first kappa shape index (κ1) is 26.3.